The Labute approximate surface area is 410 Å². The highest BCUT2D eigenvalue weighted by Crippen LogP contribution is 2.42. The first-order valence-electron chi connectivity index (χ1n) is 24.4. The van der Waals surface area contributed by atoms with Crippen LogP contribution >= 0.6 is 0 Å². The van der Waals surface area contributed by atoms with Crippen molar-refractivity contribution in [2.45, 2.75) is 51.9 Å². The summed E-state index contributed by atoms with van der Waals surface area (Å²) in [6.45, 7) is 4.15. The van der Waals surface area contributed by atoms with Crippen LogP contribution in [0.4, 0.5) is 0 Å². The van der Waals surface area contributed by atoms with Crippen LogP contribution in [-0.4, -0.2) is 26.7 Å². The number of nitrogens with two attached hydrogens (primary N) is 1. The summed E-state index contributed by atoms with van der Waals surface area (Å²) in [5.41, 5.74) is 23.8. The summed E-state index contributed by atoms with van der Waals surface area (Å²) in [7, 11) is 0. The number of fused-ring (bicyclic) bond motifs is 3. The van der Waals surface area contributed by atoms with Crippen molar-refractivity contribution in [2.24, 2.45) is 15.7 Å². The largest absolute Gasteiger partial charge is 0.390 e. The van der Waals surface area contributed by atoms with E-state index >= 15 is 0 Å². The Kier molecular flexibility index (Phi) is 12.4. The molecule has 7 aromatic carbocycles. The summed E-state index contributed by atoms with van der Waals surface area (Å²) in [5.74, 6) is 1.53. The van der Waals surface area contributed by atoms with Gasteiger partial charge in [-0.2, -0.15) is 0 Å². The van der Waals surface area contributed by atoms with E-state index in [0.29, 0.717) is 29.0 Å². The quantitative estimate of drug-likeness (QED) is 0.0843. The molecule has 70 heavy (non-hydrogen) atoms. The van der Waals surface area contributed by atoms with Crippen molar-refractivity contribution in [3.8, 4) is 56.0 Å². The maximum Gasteiger partial charge on any atom is 0.161 e. The van der Waals surface area contributed by atoms with Gasteiger partial charge >= 0.3 is 0 Å². The average Bonchev–Trinajstić information content (AvgIpc) is 3.77. The van der Waals surface area contributed by atoms with E-state index in [1.54, 1.807) is 0 Å². The van der Waals surface area contributed by atoms with Crippen LogP contribution in [0.25, 0.3) is 89.2 Å². The van der Waals surface area contributed by atoms with Gasteiger partial charge in [-0.05, 0) is 145 Å². The predicted molar refractivity (Wildman–Crippen MR) is 295 cm³/mol. The van der Waals surface area contributed by atoms with Gasteiger partial charge in [0.05, 0.1) is 34.5 Å². The van der Waals surface area contributed by atoms with Gasteiger partial charge in [-0.25, -0.2) is 20.0 Å². The first-order chi connectivity index (χ1) is 34.5. The average molecular weight is 907 g/mol. The summed E-state index contributed by atoms with van der Waals surface area (Å²) < 4.78 is 2.43. The topological polar surface area (TPSA) is 81.5 Å². The zero-order chi connectivity index (χ0) is 47.4. The Morgan fingerprint density at radius 1 is 0.600 bits per heavy atom. The normalized spacial score (nSPS) is 14.9. The second-order valence-electron chi connectivity index (χ2n) is 18.4. The van der Waals surface area contributed by atoms with Gasteiger partial charge in [0.15, 0.2) is 11.7 Å². The lowest BCUT2D eigenvalue weighted by molar-refractivity contribution is 0.617. The van der Waals surface area contributed by atoms with Crippen molar-refractivity contribution >= 4 is 45.4 Å². The second kappa shape index (κ2) is 19.6. The molecule has 0 fully saturated rings. The van der Waals surface area contributed by atoms with Gasteiger partial charge in [0.25, 0.3) is 0 Å². The molecule has 2 aromatic heterocycles. The second-order valence-corrected chi connectivity index (χ2v) is 18.4. The first-order valence-corrected chi connectivity index (χ1v) is 24.4. The molecular weight excluding hydrogens is 853 g/mol. The number of benzene rings is 7. The molecule has 11 rings (SSSR count). The molecule has 2 N–H and O–H groups in total. The molecule has 0 amide bonds. The third kappa shape index (κ3) is 8.88. The molecule has 2 aliphatic rings. The number of aliphatic imine (C=N–C) groups is 2. The smallest absolute Gasteiger partial charge is 0.161 e. The summed E-state index contributed by atoms with van der Waals surface area (Å²) in [5, 5.41) is 2.42. The molecular formula is C64H54N6. The van der Waals surface area contributed by atoms with E-state index in [0.717, 1.165) is 82.3 Å². The highest BCUT2D eigenvalue weighted by atomic mass is 15.0. The van der Waals surface area contributed by atoms with Crippen LogP contribution in [0.2, 0.25) is 0 Å². The van der Waals surface area contributed by atoms with Crippen LogP contribution < -0.4 is 5.73 Å². The van der Waals surface area contributed by atoms with Crippen molar-refractivity contribution in [3.05, 3.63) is 229 Å². The van der Waals surface area contributed by atoms with E-state index in [-0.39, 0.29) is 0 Å². The zero-order valence-corrected chi connectivity index (χ0v) is 39.6. The highest BCUT2D eigenvalue weighted by molar-refractivity contribution is 6.17. The molecule has 1 unspecified atom stereocenters. The standard InChI is InChI=1S/C64H54N6/c1-43(2)62(69-63(66-42-65)53-38-51(45-22-10-4-11-23-45)37-52(39-53)46-24-12-5-13-25-46)58-41-57(47-26-14-6-15-27-47)67-64(68-58)50-29-18-28-49(36-50)55-32-19-33-60-61(55)56-40-48(44-20-8-3-9-21-44)34-35-59(56)70(60)54-30-16-7-17-31-54/h3-6,8-12,14-16,18-23,26-42,46H,7,13,17,24-25H2,1-2H3,(H2,65,66,69). The maximum atomic E-state index is 6.16. The Hall–Kier alpha value is -8.48. The molecule has 0 spiro atoms. The van der Waals surface area contributed by atoms with E-state index in [1.807, 2.05) is 24.3 Å². The number of allylic oxidation sites excluding steroid dienone is 7. The van der Waals surface area contributed by atoms with Gasteiger partial charge in [0.2, 0.25) is 0 Å². The summed E-state index contributed by atoms with van der Waals surface area (Å²) in [4.78, 5) is 20.9. The van der Waals surface area contributed by atoms with E-state index in [1.165, 1.54) is 50.5 Å². The number of hydrogen-bond acceptors (Lipinski definition) is 3. The van der Waals surface area contributed by atoms with E-state index in [2.05, 4.69) is 200 Å². The number of amidine groups is 1. The molecule has 340 valence electrons. The molecule has 9 aromatic rings. The van der Waals surface area contributed by atoms with Crippen LogP contribution in [0, 0.1) is 0 Å². The molecule has 0 saturated heterocycles. The van der Waals surface area contributed by atoms with Crippen molar-refractivity contribution in [1.29, 1.82) is 0 Å². The van der Waals surface area contributed by atoms with Gasteiger partial charge in [0, 0.05) is 33.2 Å². The Bertz CT molecular complexity index is 3590. The fraction of sp³-hybridized carbons (Fsp3) is 0.125. The Balaban J connectivity index is 1.06. The van der Waals surface area contributed by atoms with Crippen molar-refractivity contribution in [2.75, 3.05) is 0 Å². The van der Waals surface area contributed by atoms with E-state index in [4.69, 9.17) is 25.7 Å². The molecule has 0 saturated carbocycles. The molecule has 6 heteroatoms. The van der Waals surface area contributed by atoms with Crippen molar-refractivity contribution in [1.82, 2.24) is 14.5 Å². The minimum atomic E-state index is 0.399. The van der Waals surface area contributed by atoms with Crippen molar-refractivity contribution in [3.63, 3.8) is 0 Å². The summed E-state index contributed by atoms with van der Waals surface area (Å²) >= 11 is 0. The molecule has 0 aliphatic heterocycles. The monoisotopic (exact) mass is 906 g/mol. The lowest BCUT2D eigenvalue weighted by Crippen LogP contribution is -2.07. The van der Waals surface area contributed by atoms with Gasteiger partial charge in [-0.3, -0.25) is 0 Å². The fourth-order valence-electron chi connectivity index (χ4n) is 10.1. The number of hydrogen-bond donors (Lipinski definition) is 1. The molecule has 2 heterocycles. The predicted octanol–water partition coefficient (Wildman–Crippen LogP) is 16.1. The summed E-state index contributed by atoms with van der Waals surface area (Å²) in [6, 6.07) is 62.5. The molecule has 2 aliphatic carbocycles. The van der Waals surface area contributed by atoms with E-state index in [9.17, 15) is 0 Å². The SMILES string of the molecule is CC(C)=C(N=C(N=CN)c1cc(-c2ccccc2)cc(C2CC=CCC2)c1)c1cc(-c2ccccc2)nc(-c2cccc(-c3cccc4c3c3cc(-c5ccccc5)ccc3n4C3=CCCC=C3)c2)n1. The fourth-order valence-corrected chi connectivity index (χ4v) is 10.1. The van der Waals surface area contributed by atoms with Crippen LogP contribution in [0.5, 0.6) is 0 Å². The third-order valence-electron chi connectivity index (χ3n) is 13.6. The summed E-state index contributed by atoms with van der Waals surface area (Å²) in [6.07, 6.45) is 18.1. The van der Waals surface area contributed by atoms with Crippen molar-refractivity contribution < 1.29 is 0 Å². The van der Waals surface area contributed by atoms with Crippen LogP contribution in [0.3, 0.4) is 0 Å². The molecule has 0 radical (unpaired) electrons. The van der Waals surface area contributed by atoms with E-state index < -0.39 is 0 Å². The van der Waals surface area contributed by atoms with Crippen LogP contribution in [0.15, 0.2) is 222 Å². The minimum absolute atomic E-state index is 0.399. The third-order valence-corrected chi connectivity index (χ3v) is 13.6. The lowest BCUT2D eigenvalue weighted by Gasteiger charge is -2.20. The Morgan fingerprint density at radius 3 is 2.04 bits per heavy atom. The van der Waals surface area contributed by atoms with Gasteiger partial charge < -0.3 is 10.3 Å². The highest BCUT2D eigenvalue weighted by Gasteiger charge is 2.21. The Morgan fingerprint density at radius 2 is 1.33 bits per heavy atom. The van der Waals surface area contributed by atoms with Gasteiger partial charge in [-0.1, -0.05) is 158 Å². The minimum Gasteiger partial charge on any atom is -0.390 e. The molecule has 6 nitrogen and oxygen atoms in total. The maximum absolute atomic E-state index is 6.16. The number of nitrogens with zero attached hydrogens (tertiary/aromatic N) is 5. The van der Waals surface area contributed by atoms with Gasteiger partial charge in [-0.15, -0.1) is 0 Å². The molecule has 0 bridgehead atoms. The number of aromatic nitrogens is 3. The zero-order valence-electron chi connectivity index (χ0n) is 39.6. The van der Waals surface area contributed by atoms with Crippen LogP contribution in [-0.2, 0) is 0 Å². The first kappa shape index (κ1) is 44.1. The van der Waals surface area contributed by atoms with Gasteiger partial charge in [0.1, 0.15) is 0 Å². The molecule has 1 atom stereocenters. The van der Waals surface area contributed by atoms with Crippen LogP contribution in [0.1, 0.15) is 68.7 Å². The number of rotatable bonds is 10. The lowest BCUT2D eigenvalue weighted by atomic mass is 9.85.